The standard InChI is InChI=1S/C28H41N7O2/c1-21(2)35(22(3)4)16-8-7-13-31-27(36)23-9-11-24(12-10-23)28(37)34(19-25-29-14-17-32(25)5)20-26-30-15-18-33(26)6/h9-12,14-15,17-18,21-22H,7-8,13,16,19-20H2,1-6H3,(H,31,36). The van der Waals surface area contributed by atoms with Gasteiger partial charge in [-0.1, -0.05) is 0 Å². The highest BCUT2D eigenvalue weighted by Gasteiger charge is 2.20. The molecule has 0 fully saturated rings. The first kappa shape index (κ1) is 28.1. The summed E-state index contributed by atoms with van der Waals surface area (Å²) >= 11 is 0. The molecule has 3 rings (SSSR count). The third kappa shape index (κ3) is 7.76. The van der Waals surface area contributed by atoms with Crippen LogP contribution >= 0.6 is 0 Å². The molecule has 0 aliphatic heterocycles. The van der Waals surface area contributed by atoms with Crippen LogP contribution in [0.4, 0.5) is 0 Å². The van der Waals surface area contributed by atoms with Gasteiger partial charge in [0.15, 0.2) is 0 Å². The maximum Gasteiger partial charge on any atom is 0.254 e. The van der Waals surface area contributed by atoms with Crippen LogP contribution in [0.15, 0.2) is 49.1 Å². The molecule has 9 nitrogen and oxygen atoms in total. The number of hydrogen-bond donors (Lipinski definition) is 1. The van der Waals surface area contributed by atoms with E-state index >= 15 is 0 Å². The molecule has 0 aliphatic rings. The first-order valence-electron chi connectivity index (χ1n) is 13.0. The first-order chi connectivity index (χ1) is 17.7. The zero-order valence-corrected chi connectivity index (χ0v) is 23.0. The van der Waals surface area contributed by atoms with Crippen molar-refractivity contribution < 1.29 is 9.59 Å². The highest BCUT2D eigenvalue weighted by atomic mass is 16.2. The Hall–Kier alpha value is -3.46. The van der Waals surface area contributed by atoms with Gasteiger partial charge in [-0.25, -0.2) is 9.97 Å². The number of aromatic nitrogens is 4. The minimum atomic E-state index is -0.141. The van der Waals surface area contributed by atoms with E-state index in [2.05, 4.69) is 47.9 Å². The molecule has 0 bridgehead atoms. The van der Waals surface area contributed by atoms with Crippen LogP contribution in [-0.4, -0.2) is 65.9 Å². The van der Waals surface area contributed by atoms with Gasteiger partial charge in [0, 0.05) is 68.6 Å². The number of imidazole rings is 2. The van der Waals surface area contributed by atoms with Gasteiger partial charge < -0.3 is 19.4 Å². The summed E-state index contributed by atoms with van der Waals surface area (Å²) in [6.45, 7) is 11.2. The fourth-order valence-electron chi connectivity index (χ4n) is 4.42. The fraction of sp³-hybridized carbons (Fsp3) is 0.500. The molecule has 0 atom stereocenters. The summed E-state index contributed by atoms with van der Waals surface area (Å²) in [4.78, 5) is 39.0. The molecular weight excluding hydrogens is 466 g/mol. The molecule has 37 heavy (non-hydrogen) atoms. The predicted octanol–water partition coefficient (Wildman–Crippen LogP) is 3.63. The Bertz CT molecular complexity index is 1100. The van der Waals surface area contributed by atoms with Crippen LogP contribution in [-0.2, 0) is 27.2 Å². The minimum Gasteiger partial charge on any atom is -0.352 e. The van der Waals surface area contributed by atoms with E-state index in [0.29, 0.717) is 42.8 Å². The summed E-state index contributed by atoms with van der Waals surface area (Å²) in [5, 5.41) is 3.00. The average molecular weight is 508 g/mol. The monoisotopic (exact) mass is 507 g/mol. The molecule has 2 amide bonds. The molecule has 0 unspecified atom stereocenters. The van der Waals surface area contributed by atoms with Crippen molar-refractivity contribution in [2.24, 2.45) is 14.1 Å². The van der Waals surface area contributed by atoms with E-state index in [-0.39, 0.29) is 11.8 Å². The number of nitrogens with one attached hydrogen (secondary N) is 1. The smallest absolute Gasteiger partial charge is 0.254 e. The normalized spacial score (nSPS) is 11.5. The van der Waals surface area contributed by atoms with Gasteiger partial charge in [0.05, 0.1) is 13.1 Å². The van der Waals surface area contributed by atoms with Gasteiger partial charge in [-0.05, 0) is 71.3 Å². The van der Waals surface area contributed by atoms with E-state index in [1.54, 1.807) is 41.6 Å². The highest BCUT2D eigenvalue weighted by molar-refractivity contribution is 5.97. The summed E-state index contributed by atoms with van der Waals surface area (Å²) in [5.74, 6) is 1.30. The number of nitrogens with zero attached hydrogens (tertiary/aromatic N) is 6. The molecule has 0 saturated heterocycles. The second-order valence-corrected chi connectivity index (χ2v) is 10.0. The lowest BCUT2D eigenvalue weighted by molar-refractivity contribution is 0.0717. The molecule has 0 spiro atoms. The van der Waals surface area contributed by atoms with Crippen LogP contribution < -0.4 is 5.32 Å². The number of benzene rings is 1. The van der Waals surface area contributed by atoms with Crippen molar-refractivity contribution in [2.75, 3.05) is 13.1 Å². The second kappa shape index (κ2) is 13.2. The number of carbonyl (C=O) groups excluding carboxylic acids is 2. The molecule has 0 radical (unpaired) electrons. The molecule has 2 aromatic heterocycles. The van der Waals surface area contributed by atoms with Crippen molar-refractivity contribution >= 4 is 11.8 Å². The van der Waals surface area contributed by atoms with E-state index in [1.165, 1.54) is 0 Å². The highest BCUT2D eigenvalue weighted by Crippen LogP contribution is 2.14. The summed E-state index contributed by atoms with van der Waals surface area (Å²) in [7, 11) is 3.81. The van der Waals surface area contributed by atoms with Crippen molar-refractivity contribution in [2.45, 2.75) is 65.7 Å². The van der Waals surface area contributed by atoms with Crippen molar-refractivity contribution in [1.29, 1.82) is 0 Å². The van der Waals surface area contributed by atoms with Crippen molar-refractivity contribution in [3.63, 3.8) is 0 Å². The molecule has 9 heteroatoms. The van der Waals surface area contributed by atoms with E-state index in [1.807, 2.05) is 35.6 Å². The molecule has 3 aromatic rings. The van der Waals surface area contributed by atoms with Crippen LogP contribution in [0, 0.1) is 0 Å². The van der Waals surface area contributed by atoms with E-state index in [0.717, 1.165) is 31.0 Å². The van der Waals surface area contributed by atoms with Crippen LogP contribution in [0.25, 0.3) is 0 Å². The van der Waals surface area contributed by atoms with Gasteiger partial charge in [0.1, 0.15) is 11.6 Å². The molecule has 2 heterocycles. The van der Waals surface area contributed by atoms with Crippen LogP contribution in [0.3, 0.4) is 0 Å². The maximum absolute atomic E-state index is 13.4. The van der Waals surface area contributed by atoms with Gasteiger partial charge >= 0.3 is 0 Å². The van der Waals surface area contributed by atoms with Gasteiger partial charge in [-0.15, -0.1) is 0 Å². The summed E-state index contributed by atoms with van der Waals surface area (Å²) in [5.41, 5.74) is 1.06. The van der Waals surface area contributed by atoms with E-state index < -0.39 is 0 Å². The zero-order valence-electron chi connectivity index (χ0n) is 23.0. The van der Waals surface area contributed by atoms with E-state index in [9.17, 15) is 9.59 Å². The zero-order chi connectivity index (χ0) is 26.9. The van der Waals surface area contributed by atoms with Crippen molar-refractivity contribution in [3.05, 3.63) is 71.8 Å². The van der Waals surface area contributed by atoms with Gasteiger partial charge in [0.25, 0.3) is 11.8 Å². The molecule has 1 N–H and O–H groups in total. The number of unbranched alkanes of at least 4 members (excludes halogenated alkanes) is 1. The summed E-state index contributed by atoms with van der Waals surface area (Å²) < 4.78 is 3.80. The first-order valence-corrected chi connectivity index (χ1v) is 13.0. The lowest BCUT2D eigenvalue weighted by Gasteiger charge is -2.30. The quantitative estimate of drug-likeness (QED) is 0.357. The minimum absolute atomic E-state index is 0.124. The Morgan fingerprint density at radius 3 is 1.81 bits per heavy atom. The Labute approximate surface area is 220 Å². The largest absolute Gasteiger partial charge is 0.352 e. The third-order valence-electron chi connectivity index (χ3n) is 6.64. The van der Waals surface area contributed by atoms with E-state index in [4.69, 9.17) is 0 Å². The van der Waals surface area contributed by atoms with Gasteiger partial charge in [-0.3, -0.25) is 14.5 Å². The molecule has 0 saturated carbocycles. The Kier molecular flexibility index (Phi) is 10.0. The average Bonchev–Trinajstić information content (AvgIpc) is 3.47. The van der Waals surface area contributed by atoms with Crippen LogP contribution in [0.2, 0.25) is 0 Å². The summed E-state index contributed by atoms with van der Waals surface area (Å²) in [6.07, 6.45) is 9.11. The molecule has 0 aliphatic carbocycles. The number of aryl methyl sites for hydroxylation is 2. The second-order valence-electron chi connectivity index (χ2n) is 10.0. The SMILES string of the molecule is CC(C)N(CCCCNC(=O)c1ccc(C(=O)N(Cc2nccn2C)Cc2nccn2C)cc1)C(C)C. The topological polar surface area (TPSA) is 88.3 Å². The number of rotatable bonds is 13. The Balaban J connectivity index is 1.58. The van der Waals surface area contributed by atoms with Crippen LogP contribution in [0.1, 0.15) is 72.9 Å². The Morgan fingerprint density at radius 2 is 1.35 bits per heavy atom. The number of amides is 2. The molecular formula is C28H41N7O2. The maximum atomic E-state index is 13.4. The van der Waals surface area contributed by atoms with Gasteiger partial charge in [0.2, 0.25) is 0 Å². The van der Waals surface area contributed by atoms with Crippen LogP contribution in [0.5, 0.6) is 0 Å². The van der Waals surface area contributed by atoms with Gasteiger partial charge in [-0.2, -0.15) is 0 Å². The lowest BCUT2D eigenvalue weighted by Crippen LogP contribution is -2.38. The fourth-order valence-corrected chi connectivity index (χ4v) is 4.42. The summed E-state index contributed by atoms with van der Waals surface area (Å²) in [6, 6.07) is 7.87. The third-order valence-corrected chi connectivity index (χ3v) is 6.64. The molecule has 200 valence electrons. The molecule has 1 aromatic carbocycles. The number of hydrogen-bond acceptors (Lipinski definition) is 5. The number of carbonyl (C=O) groups is 2. The Morgan fingerprint density at radius 1 is 0.838 bits per heavy atom. The predicted molar refractivity (Wildman–Crippen MR) is 145 cm³/mol. The van der Waals surface area contributed by atoms with Crippen molar-refractivity contribution in [3.8, 4) is 0 Å². The lowest BCUT2D eigenvalue weighted by atomic mass is 10.1. The van der Waals surface area contributed by atoms with Crippen molar-refractivity contribution in [1.82, 2.24) is 34.2 Å².